The maximum absolute atomic E-state index is 6.04. The fraction of sp³-hybridized carbons (Fsp3) is 0.455. The van der Waals surface area contributed by atoms with Gasteiger partial charge in [-0.1, -0.05) is 27.5 Å². The Kier molecular flexibility index (Phi) is 3.89. The van der Waals surface area contributed by atoms with Gasteiger partial charge in [0.05, 0.1) is 5.02 Å². The van der Waals surface area contributed by atoms with Crippen molar-refractivity contribution in [3.63, 3.8) is 0 Å². The minimum atomic E-state index is 0.477. The summed E-state index contributed by atoms with van der Waals surface area (Å²) in [6.45, 7) is 1.80. The third-order valence-electron chi connectivity index (χ3n) is 2.50. The van der Waals surface area contributed by atoms with Gasteiger partial charge in [0.15, 0.2) is 0 Å². The largest absolute Gasteiger partial charge is 0.490 e. The third kappa shape index (κ3) is 3.10. The maximum Gasteiger partial charge on any atom is 0.138 e. The first-order valence-electron chi connectivity index (χ1n) is 5.07. The van der Waals surface area contributed by atoms with Crippen molar-refractivity contribution in [2.75, 3.05) is 13.2 Å². The molecule has 1 aromatic rings. The summed E-state index contributed by atoms with van der Waals surface area (Å²) in [5, 5.41) is 4.04. The Morgan fingerprint density at radius 2 is 2.40 bits per heavy atom. The molecule has 1 atom stereocenters. The molecule has 1 saturated heterocycles. The molecule has 82 valence electrons. The van der Waals surface area contributed by atoms with Gasteiger partial charge in [0.25, 0.3) is 0 Å². The number of hydrogen-bond donors (Lipinski definition) is 1. The lowest BCUT2D eigenvalue weighted by atomic mass is 10.2. The summed E-state index contributed by atoms with van der Waals surface area (Å²) in [6, 6.07) is 6.15. The standard InChI is InChI=1S/C11H13BrClNO/c12-8-3-4-11(10(13)6-8)15-7-9-2-1-5-14-9/h3-4,6,9,14H,1-2,5,7H2/t9-/m1/s1. The van der Waals surface area contributed by atoms with Crippen molar-refractivity contribution in [3.05, 3.63) is 27.7 Å². The van der Waals surface area contributed by atoms with Crippen molar-refractivity contribution < 1.29 is 4.74 Å². The molecule has 0 unspecified atom stereocenters. The first-order chi connectivity index (χ1) is 7.25. The van der Waals surface area contributed by atoms with E-state index in [2.05, 4.69) is 21.2 Å². The van der Waals surface area contributed by atoms with E-state index in [-0.39, 0.29) is 0 Å². The number of benzene rings is 1. The molecule has 1 aliphatic heterocycles. The van der Waals surface area contributed by atoms with Crippen LogP contribution in [0.4, 0.5) is 0 Å². The highest BCUT2D eigenvalue weighted by Gasteiger charge is 2.14. The Morgan fingerprint density at radius 3 is 3.07 bits per heavy atom. The predicted octanol–water partition coefficient (Wildman–Crippen LogP) is 3.23. The molecule has 0 aromatic heterocycles. The number of rotatable bonds is 3. The van der Waals surface area contributed by atoms with Crippen LogP contribution in [0.5, 0.6) is 5.75 Å². The molecule has 15 heavy (non-hydrogen) atoms. The number of ether oxygens (including phenoxy) is 1. The zero-order chi connectivity index (χ0) is 10.7. The summed E-state index contributed by atoms with van der Waals surface area (Å²) in [5.74, 6) is 0.758. The molecule has 0 aliphatic carbocycles. The van der Waals surface area contributed by atoms with Crippen molar-refractivity contribution in [1.29, 1.82) is 0 Å². The molecule has 0 bridgehead atoms. The molecule has 1 heterocycles. The van der Waals surface area contributed by atoms with E-state index in [9.17, 15) is 0 Å². The summed E-state index contributed by atoms with van der Waals surface area (Å²) >= 11 is 9.40. The smallest absolute Gasteiger partial charge is 0.138 e. The number of hydrogen-bond acceptors (Lipinski definition) is 2. The summed E-state index contributed by atoms with van der Waals surface area (Å²) < 4.78 is 6.63. The van der Waals surface area contributed by atoms with Crippen LogP contribution in [-0.2, 0) is 0 Å². The second-order valence-electron chi connectivity index (χ2n) is 3.68. The summed E-state index contributed by atoms with van der Waals surface area (Å²) in [4.78, 5) is 0. The second-order valence-corrected chi connectivity index (χ2v) is 5.00. The molecule has 1 aliphatic rings. The molecular formula is C11H13BrClNO. The van der Waals surface area contributed by atoms with Crippen molar-refractivity contribution in [3.8, 4) is 5.75 Å². The lowest BCUT2D eigenvalue weighted by Gasteiger charge is -2.13. The molecule has 4 heteroatoms. The highest BCUT2D eigenvalue weighted by atomic mass is 79.9. The van der Waals surface area contributed by atoms with Crippen molar-refractivity contribution >= 4 is 27.5 Å². The highest BCUT2D eigenvalue weighted by molar-refractivity contribution is 9.10. The predicted molar refractivity (Wildman–Crippen MR) is 65.7 cm³/mol. The van der Waals surface area contributed by atoms with Crippen molar-refractivity contribution in [2.24, 2.45) is 0 Å². The van der Waals surface area contributed by atoms with Gasteiger partial charge in [0.1, 0.15) is 12.4 Å². The quantitative estimate of drug-likeness (QED) is 0.923. The van der Waals surface area contributed by atoms with Crippen LogP contribution in [0.3, 0.4) is 0 Å². The number of halogens is 2. The van der Waals surface area contributed by atoms with Crippen LogP contribution in [0.2, 0.25) is 5.02 Å². The van der Waals surface area contributed by atoms with E-state index < -0.39 is 0 Å². The van der Waals surface area contributed by atoms with E-state index in [0.29, 0.717) is 17.7 Å². The van der Waals surface area contributed by atoms with Crippen LogP contribution in [0.1, 0.15) is 12.8 Å². The fourth-order valence-corrected chi connectivity index (χ4v) is 2.41. The van der Waals surface area contributed by atoms with Crippen LogP contribution < -0.4 is 10.1 Å². The summed E-state index contributed by atoms with van der Waals surface area (Å²) in [6.07, 6.45) is 2.43. The molecule has 2 rings (SSSR count). The van der Waals surface area contributed by atoms with E-state index >= 15 is 0 Å². The van der Waals surface area contributed by atoms with Gasteiger partial charge in [0, 0.05) is 10.5 Å². The first kappa shape index (κ1) is 11.2. The third-order valence-corrected chi connectivity index (χ3v) is 3.28. The zero-order valence-corrected chi connectivity index (χ0v) is 10.6. The van der Waals surface area contributed by atoms with Gasteiger partial charge in [-0.15, -0.1) is 0 Å². The van der Waals surface area contributed by atoms with Gasteiger partial charge in [-0.25, -0.2) is 0 Å². The summed E-state index contributed by atoms with van der Waals surface area (Å²) in [5.41, 5.74) is 0. The maximum atomic E-state index is 6.04. The van der Waals surface area contributed by atoms with Gasteiger partial charge in [-0.3, -0.25) is 0 Å². The van der Waals surface area contributed by atoms with Gasteiger partial charge < -0.3 is 10.1 Å². The Labute approximate surface area is 103 Å². The molecule has 0 spiro atoms. The van der Waals surface area contributed by atoms with Crippen LogP contribution in [0, 0.1) is 0 Å². The number of nitrogens with one attached hydrogen (secondary N) is 1. The topological polar surface area (TPSA) is 21.3 Å². The minimum Gasteiger partial charge on any atom is -0.490 e. The molecule has 0 amide bonds. The normalized spacial score (nSPS) is 20.5. The average molecular weight is 291 g/mol. The molecule has 0 saturated carbocycles. The van der Waals surface area contributed by atoms with Crippen LogP contribution in [0.15, 0.2) is 22.7 Å². The Balaban J connectivity index is 1.92. The SMILES string of the molecule is Clc1cc(Br)ccc1OC[C@H]1CCCN1. The average Bonchev–Trinajstić information content (AvgIpc) is 2.69. The lowest BCUT2D eigenvalue weighted by Crippen LogP contribution is -2.28. The Morgan fingerprint density at radius 1 is 1.53 bits per heavy atom. The molecule has 1 N–H and O–H groups in total. The van der Waals surface area contributed by atoms with E-state index in [4.69, 9.17) is 16.3 Å². The van der Waals surface area contributed by atoms with E-state index in [1.54, 1.807) is 0 Å². The Hall–Kier alpha value is -0.250. The minimum absolute atomic E-state index is 0.477. The van der Waals surface area contributed by atoms with Crippen LogP contribution in [0.25, 0.3) is 0 Å². The van der Waals surface area contributed by atoms with Crippen molar-refractivity contribution in [2.45, 2.75) is 18.9 Å². The molecule has 0 radical (unpaired) electrons. The van der Waals surface area contributed by atoms with Crippen LogP contribution >= 0.6 is 27.5 Å². The first-order valence-corrected chi connectivity index (χ1v) is 6.24. The second kappa shape index (κ2) is 5.19. The molecule has 2 nitrogen and oxygen atoms in total. The van der Waals surface area contributed by atoms with Gasteiger partial charge in [-0.2, -0.15) is 0 Å². The monoisotopic (exact) mass is 289 g/mol. The molecule has 1 fully saturated rings. The fourth-order valence-electron chi connectivity index (χ4n) is 1.68. The van der Waals surface area contributed by atoms with Gasteiger partial charge in [0.2, 0.25) is 0 Å². The van der Waals surface area contributed by atoms with Crippen molar-refractivity contribution in [1.82, 2.24) is 5.32 Å². The molecular weight excluding hydrogens is 277 g/mol. The van der Waals surface area contributed by atoms with E-state index in [1.165, 1.54) is 12.8 Å². The van der Waals surface area contributed by atoms with Crippen LogP contribution in [-0.4, -0.2) is 19.2 Å². The Bertz CT molecular complexity index is 339. The van der Waals surface area contributed by atoms with E-state index in [0.717, 1.165) is 16.8 Å². The lowest BCUT2D eigenvalue weighted by molar-refractivity contribution is 0.277. The zero-order valence-electron chi connectivity index (χ0n) is 8.30. The summed E-state index contributed by atoms with van der Waals surface area (Å²) in [7, 11) is 0. The molecule has 1 aromatic carbocycles. The highest BCUT2D eigenvalue weighted by Crippen LogP contribution is 2.28. The van der Waals surface area contributed by atoms with Gasteiger partial charge >= 0.3 is 0 Å². The van der Waals surface area contributed by atoms with Gasteiger partial charge in [-0.05, 0) is 37.6 Å². The van der Waals surface area contributed by atoms with E-state index in [1.807, 2.05) is 18.2 Å².